The Kier molecular flexibility index (Phi) is 3.77. The van der Waals surface area contributed by atoms with Crippen LogP contribution in [0, 0.1) is 3.70 Å². The summed E-state index contributed by atoms with van der Waals surface area (Å²) >= 11 is 1.56. The van der Waals surface area contributed by atoms with Crippen LogP contribution in [0.1, 0.15) is 22.3 Å². The third-order valence-corrected chi connectivity index (χ3v) is 2.52. The van der Waals surface area contributed by atoms with Gasteiger partial charge in [-0.15, -0.1) is 0 Å². The molecule has 0 atom stereocenters. The number of halogens is 3. The van der Waals surface area contributed by atoms with Crippen LogP contribution in [0.5, 0.6) is 5.75 Å². The van der Waals surface area contributed by atoms with Crippen molar-refractivity contribution >= 4 is 28.6 Å². The number of aromatic hydroxyl groups is 1. The fraction of sp³-hybridized carbons (Fsp3) is 0.250. The molecule has 1 heterocycles. The number of hydrogen-bond acceptors (Lipinski definition) is 4. The third-order valence-electron chi connectivity index (χ3n) is 1.66. The third kappa shape index (κ3) is 2.33. The van der Waals surface area contributed by atoms with Crippen molar-refractivity contribution in [1.82, 2.24) is 4.98 Å². The number of aromatic nitrogens is 1. The minimum absolute atomic E-state index is 0.0409. The summed E-state index contributed by atoms with van der Waals surface area (Å²) in [6.07, 6.45) is -1.97. The van der Waals surface area contributed by atoms with Gasteiger partial charge in [-0.25, -0.2) is 18.6 Å². The van der Waals surface area contributed by atoms with E-state index >= 15 is 0 Å². The molecule has 0 aliphatic rings. The zero-order valence-electron chi connectivity index (χ0n) is 7.50. The molecule has 0 aromatic carbocycles. The smallest absolute Gasteiger partial charge is 0.342 e. The number of carbonyl (C=O) groups excluding carboxylic acids is 1. The van der Waals surface area contributed by atoms with E-state index in [1.807, 2.05) is 0 Å². The molecule has 0 amide bonds. The molecule has 0 fully saturated rings. The lowest BCUT2D eigenvalue weighted by atomic mass is 10.1. The van der Waals surface area contributed by atoms with E-state index in [9.17, 15) is 18.7 Å². The fourth-order valence-corrected chi connectivity index (χ4v) is 1.65. The molecule has 0 saturated heterocycles. The van der Waals surface area contributed by atoms with Gasteiger partial charge in [0.1, 0.15) is 15.0 Å². The summed E-state index contributed by atoms with van der Waals surface area (Å²) in [7, 11) is 1.05. The molecule has 0 unspecified atom stereocenters. The van der Waals surface area contributed by atoms with Crippen LogP contribution < -0.4 is 0 Å². The topological polar surface area (TPSA) is 59.4 Å². The van der Waals surface area contributed by atoms with Crippen LogP contribution in [0.2, 0.25) is 0 Å². The zero-order chi connectivity index (χ0) is 11.6. The Bertz CT molecular complexity index is 398. The molecular weight excluding hydrogens is 323 g/mol. The molecule has 0 bridgehead atoms. The SMILES string of the molecule is COC(=O)c1c(O)cnc(I)c1C(F)F. The van der Waals surface area contributed by atoms with Gasteiger partial charge in [0.15, 0.2) is 0 Å². The molecule has 0 aliphatic heterocycles. The number of rotatable bonds is 2. The summed E-state index contributed by atoms with van der Waals surface area (Å²) < 4.78 is 29.5. The summed E-state index contributed by atoms with van der Waals surface area (Å²) in [6.45, 7) is 0. The number of nitrogens with zero attached hydrogens (tertiary/aromatic N) is 1. The van der Waals surface area contributed by atoms with Crippen molar-refractivity contribution in [3.63, 3.8) is 0 Å². The van der Waals surface area contributed by atoms with Crippen molar-refractivity contribution in [3.05, 3.63) is 21.0 Å². The van der Waals surface area contributed by atoms with Gasteiger partial charge in [0.25, 0.3) is 6.43 Å². The highest BCUT2D eigenvalue weighted by molar-refractivity contribution is 14.1. The summed E-state index contributed by atoms with van der Waals surface area (Å²) in [5.41, 5.74) is -1.14. The van der Waals surface area contributed by atoms with Gasteiger partial charge in [-0.1, -0.05) is 0 Å². The summed E-state index contributed by atoms with van der Waals surface area (Å²) in [4.78, 5) is 14.7. The van der Waals surface area contributed by atoms with Gasteiger partial charge in [-0.2, -0.15) is 0 Å². The lowest BCUT2D eigenvalue weighted by Crippen LogP contribution is -2.09. The van der Waals surface area contributed by atoms with Crippen molar-refractivity contribution in [2.45, 2.75) is 6.43 Å². The minimum atomic E-state index is -2.90. The van der Waals surface area contributed by atoms with E-state index in [4.69, 9.17) is 0 Å². The Morgan fingerprint density at radius 3 is 2.73 bits per heavy atom. The molecule has 1 aromatic rings. The first-order chi connectivity index (χ1) is 6.99. The van der Waals surface area contributed by atoms with Crippen molar-refractivity contribution in [2.24, 2.45) is 0 Å². The average molecular weight is 329 g/mol. The first-order valence-electron chi connectivity index (χ1n) is 3.72. The van der Waals surface area contributed by atoms with Gasteiger partial charge in [0.2, 0.25) is 0 Å². The van der Waals surface area contributed by atoms with Gasteiger partial charge in [0.05, 0.1) is 18.9 Å². The summed E-state index contributed by atoms with van der Waals surface area (Å²) in [5.74, 6) is -1.62. The normalized spacial score (nSPS) is 10.5. The zero-order valence-corrected chi connectivity index (χ0v) is 9.66. The Labute approximate surface area is 97.4 Å². The Hall–Kier alpha value is -0.990. The lowest BCUT2D eigenvalue weighted by Gasteiger charge is -2.09. The molecule has 82 valence electrons. The number of methoxy groups -OCH3 is 1. The second-order valence-corrected chi connectivity index (χ2v) is 3.54. The fourth-order valence-electron chi connectivity index (χ4n) is 1.01. The summed E-state index contributed by atoms with van der Waals surface area (Å²) in [5, 5.41) is 9.27. The van der Waals surface area contributed by atoms with Gasteiger partial charge >= 0.3 is 5.97 Å². The van der Waals surface area contributed by atoms with Gasteiger partial charge < -0.3 is 9.84 Å². The quantitative estimate of drug-likeness (QED) is 0.513. The average Bonchev–Trinajstić information content (AvgIpc) is 2.19. The molecule has 1 N–H and O–H groups in total. The van der Waals surface area contributed by atoms with E-state index in [2.05, 4.69) is 9.72 Å². The van der Waals surface area contributed by atoms with Crippen molar-refractivity contribution in [3.8, 4) is 5.75 Å². The number of hydrogen-bond donors (Lipinski definition) is 1. The molecule has 0 spiro atoms. The molecule has 15 heavy (non-hydrogen) atoms. The Morgan fingerprint density at radius 2 is 2.27 bits per heavy atom. The van der Waals surface area contributed by atoms with Crippen molar-refractivity contribution in [2.75, 3.05) is 7.11 Å². The monoisotopic (exact) mass is 329 g/mol. The maximum absolute atomic E-state index is 12.6. The largest absolute Gasteiger partial charge is 0.505 e. The maximum Gasteiger partial charge on any atom is 0.342 e. The molecule has 0 aliphatic carbocycles. The molecule has 1 rings (SSSR count). The van der Waals surface area contributed by atoms with Gasteiger partial charge in [-0.05, 0) is 22.6 Å². The lowest BCUT2D eigenvalue weighted by molar-refractivity contribution is 0.0584. The van der Waals surface area contributed by atoms with E-state index < -0.39 is 29.3 Å². The number of pyridine rings is 1. The molecule has 0 saturated carbocycles. The number of carbonyl (C=O) groups is 1. The highest BCUT2D eigenvalue weighted by Gasteiger charge is 2.26. The number of ether oxygens (including phenoxy) is 1. The standard InChI is InChI=1S/C8H6F2INO3/c1-15-8(14)4-3(13)2-12-7(11)5(4)6(9)10/h2,6,13H,1H3. The van der Waals surface area contributed by atoms with E-state index in [1.54, 1.807) is 22.6 Å². The van der Waals surface area contributed by atoms with Crippen molar-refractivity contribution in [1.29, 1.82) is 0 Å². The first-order valence-corrected chi connectivity index (χ1v) is 4.80. The predicted molar refractivity (Wildman–Crippen MR) is 54.9 cm³/mol. The minimum Gasteiger partial charge on any atom is -0.505 e. The first kappa shape index (κ1) is 12.1. The van der Waals surface area contributed by atoms with Gasteiger partial charge in [-0.3, -0.25) is 0 Å². The second kappa shape index (κ2) is 4.69. The van der Waals surface area contributed by atoms with E-state index in [0.717, 1.165) is 13.3 Å². The van der Waals surface area contributed by atoms with Crippen LogP contribution in [0.4, 0.5) is 8.78 Å². The molecule has 0 radical (unpaired) electrons. The molecular formula is C8H6F2INO3. The van der Waals surface area contributed by atoms with Crippen LogP contribution in [0.3, 0.4) is 0 Å². The van der Waals surface area contributed by atoms with Crippen LogP contribution in [0.25, 0.3) is 0 Å². The van der Waals surface area contributed by atoms with Gasteiger partial charge in [0, 0.05) is 0 Å². The van der Waals surface area contributed by atoms with E-state index in [0.29, 0.717) is 0 Å². The van der Waals surface area contributed by atoms with Crippen molar-refractivity contribution < 1.29 is 23.4 Å². The maximum atomic E-state index is 12.6. The highest BCUT2D eigenvalue weighted by atomic mass is 127. The highest BCUT2D eigenvalue weighted by Crippen LogP contribution is 2.32. The predicted octanol–water partition coefficient (Wildman–Crippen LogP) is 2.12. The number of alkyl halides is 2. The van der Waals surface area contributed by atoms with E-state index in [1.165, 1.54) is 0 Å². The van der Waals surface area contributed by atoms with Crippen LogP contribution in [-0.2, 0) is 4.74 Å². The van der Waals surface area contributed by atoms with Crippen LogP contribution in [0.15, 0.2) is 6.20 Å². The van der Waals surface area contributed by atoms with Crippen LogP contribution >= 0.6 is 22.6 Å². The Balaban J connectivity index is 3.45. The molecule has 7 heteroatoms. The van der Waals surface area contributed by atoms with E-state index in [-0.39, 0.29) is 3.70 Å². The Morgan fingerprint density at radius 1 is 1.67 bits per heavy atom. The second-order valence-electron chi connectivity index (χ2n) is 2.52. The molecule has 4 nitrogen and oxygen atoms in total. The summed E-state index contributed by atoms with van der Waals surface area (Å²) in [6, 6.07) is 0. The number of esters is 1. The molecule has 1 aromatic heterocycles. The van der Waals surface area contributed by atoms with Crippen LogP contribution in [-0.4, -0.2) is 23.2 Å².